The number of hydrogen-bond acceptors (Lipinski definition) is 4. The van der Waals surface area contributed by atoms with Gasteiger partial charge in [-0.25, -0.2) is 4.79 Å². The number of ether oxygens (including phenoxy) is 3. The Morgan fingerprint density at radius 1 is 1.24 bits per heavy atom. The molecule has 0 bridgehead atoms. The van der Waals surface area contributed by atoms with Crippen LogP contribution in [0.2, 0.25) is 0 Å². The first kappa shape index (κ1) is 25.8. The van der Waals surface area contributed by atoms with Crippen LogP contribution < -0.4 is 0 Å². The summed E-state index contributed by atoms with van der Waals surface area (Å²) in [5.74, 6) is 0.897. The highest BCUT2D eigenvalue weighted by Crippen LogP contribution is 2.41. The lowest BCUT2D eigenvalue weighted by Gasteiger charge is -2.31. The minimum atomic E-state index is -0.694. The minimum Gasteiger partial charge on any atom is -0.444 e. The number of carbonyl (C=O) groups is 1. The zero-order valence-electron chi connectivity index (χ0n) is 21.6. The summed E-state index contributed by atoms with van der Waals surface area (Å²) in [6.07, 6.45) is 5.66. The topological polar surface area (TPSA) is 48.0 Å². The summed E-state index contributed by atoms with van der Waals surface area (Å²) in [6, 6.07) is 8.83. The average molecular weight is 458 g/mol. The zero-order chi connectivity index (χ0) is 24.4. The molecule has 5 nitrogen and oxygen atoms in total. The molecule has 1 aromatic rings. The Morgan fingerprint density at radius 3 is 2.52 bits per heavy atom. The predicted molar refractivity (Wildman–Crippen MR) is 132 cm³/mol. The van der Waals surface area contributed by atoms with E-state index in [4.69, 9.17) is 14.2 Å². The molecule has 1 amide bonds. The van der Waals surface area contributed by atoms with Gasteiger partial charge in [-0.05, 0) is 78.2 Å². The molecule has 5 atom stereocenters. The van der Waals surface area contributed by atoms with Gasteiger partial charge >= 0.3 is 6.09 Å². The highest BCUT2D eigenvalue weighted by molar-refractivity contribution is 5.69. The third-order valence-electron chi connectivity index (χ3n) is 6.98. The van der Waals surface area contributed by atoms with Crippen LogP contribution in [0.1, 0.15) is 71.9 Å². The number of aryl methyl sites for hydroxylation is 2. The fourth-order valence-corrected chi connectivity index (χ4v) is 5.19. The molecule has 2 aliphatic rings. The van der Waals surface area contributed by atoms with Gasteiger partial charge in [0.25, 0.3) is 0 Å². The first-order chi connectivity index (χ1) is 15.4. The molecule has 2 heterocycles. The molecule has 2 fully saturated rings. The van der Waals surface area contributed by atoms with Gasteiger partial charge in [-0.1, -0.05) is 42.8 Å². The molecule has 0 aliphatic carbocycles. The van der Waals surface area contributed by atoms with Gasteiger partial charge in [0.2, 0.25) is 0 Å². The molecule has 1 aromatic carbocycles. The van der Waals surface area contributed by atoms with Crippen molar-refractivity contribution in [2.45, 2.75) is 104 Å². The standard InChI is InChI=1S/C28H43NO4/c1-9-10-24-23(16-15-21-13-11-19(2)12-14-21)20(3)25(31-24)17-22-18-29(28(7,8)32-22)26(30)33-27(4,5)6/h9,11-14,20,22-25H,1,10,15-18H2,2-8H3/t20-,22+,23-,24+,25-/m1/s1. The van der Waals surface area contributed by atoms with Crippen LogP contribution in [-0.4, -0.2) is 47.2 Å². The van der Waals surface area contributed by atoms with E-state index >= 15 is 0 Å². The van der Waals surface area contributed by atoms with Crippen molar-refractivity contribution in [1.29, 1.82) is 0 Å². The van der Waals surface area contributed by atoms with E-state index in [0.29, 0.717) is 18.4 Å². The van der Waals surface area contributed by atoms with Crippen LogP contribution >= 0.6 is 0 Å². The second kappa shape index (κ2) is 10.2. The van der Waals surface area contributed by atoms with Crippen molar-refractivity contribution in [1.82, 2.24) is 4.90 Å². The molecular weight excluding hydrogens is 414 g/mol. The molecule has 0 radical (unpaired) electrons. The van der Waals surface area contributed by atoms with E-state index in [2.05, 4.69) is 44.7 Å². The number of amides is 1. The van der Waals surface area contributed by atoms with Crippen molar-refractivity contribution in [3.8, 4) is 0 Å². The quantitative estimate of drug-likeness (QED) is 0.452. The van der Waals surface area contributed by atoms with Crippen LogP contribution in [0.4, 0.5) is 4.79 Å². The smallest absolute Gasteiger partial charge is 0.412 e. The number of rotatable bonds is 7. The first-order valence-corrected chi connectivity index (χ1v) is 12.4. The maximum Gasteiger partial charge on any atom is 0.412 e. The minimum absolute atomic E-state index is 0.0693. The third kappa shape index (κ3) is 6.60. The Hall–Kier alpha value is -1.85. The van der Waals surface area contributed by atoms with E-state index in [1.165, 1.54) is 11.1 Å². The average Bonchev–Trinajstić information content (AvgIpc) is 3.16. The molecule has 0 N–H and O–H groups in total. The van der Waals surface area contributed by atoms with Gasteiger partial charge in [0.05, 0.1) is 24.9 Å². The van der Waals surface area contributed by atoms with Gasteiger partial charge in [-0.2, -0.15) is 0 Å². The van der Waals surface area contributed by atoms with Crippen molar-refractivity contribution in [2.24, 2.45) is 11.8 Å². The van der Waals surface area contributed by atoms with Crippen molar-refractivity contribution in [3.05, 3.63) is 48.0 Å². The molecule has 2 saturated heterocycles. The summed E-state index contributed by atoms with van der Waals surface area (Å²) >= 11 is 0. The molecule has 0 unspecified atom stereocenters. The van der Waals surface area contributed by atoms with Crippen LogP contribution in [0.5, 0.6) is 0 Å². The maximum absolute atomic E-state index is 12.7. The lowest BCUT2D eigenvalue weighted by atomic mass is 9.82. The van der Waals surface area contributed by atoms with Crippen molar-refractivity contribution < 1.29 is 19.0 Å². The number of benzene rings is 1. The van der Waals surface area contributed by atoms with Gasteiger partial charge < -0.3 is 14.2 Å². The fourth-order valence-electron chi connectivity index (χ4n) is 5.19. The van der Waals surface area contributed by atoms with E-state index in [1.54, 1.807) is 4.90 Å². The van der Waals surface area contributed by atoms with E-state index in [1.807, 2.05) is 40.7 Å². The van der Waals surface area contributed by atoms with Crippen LogP contribution in [0, 0.1) is 18.8 Å². The van der Waals surface area contributed by atoms with E-state index in [-0.39, 0.29) is 24.4 Å². The molecule has 0 aromatic heterocycles. The van der Waals surface area contributed by atoms with Crippen LogP contribution in [0.15, 0.2) is 36.9 Å². The lowest BCUT2D eigenvalue weighted by molar-refractivity contribution is -0.0893. The molecule has 33 heavy (non-hydrogen) atoms. The first-order valence-electron chi connectivity index (χ1n) is 12.4. The summed E-state index contributed by atoms with van der Waals surface area (Å²) in [7, 11) is 0. The van der Waals surface area contributed by atoms with Crippen LogP contribution in [0.3, 0.4) is 0 Å². The van der Waals surface area contributed by atoms with Crippen molar-refractivity contribution >= 4 is 6.09 Å². The van der Waals surface area contributed by atoms with Gasteiger partial charge in [-0.3, -0.25) is 4.90 Å². The maximum atomic E-state index is 12.7. The normalized spacial score (nSPS) is 29.3. The van der Waals surface area contributed by atoms with Crippen molar-refractivity contribution in [3.63, 3.8) is 0 Å². The monoisotopic (exact) mass is 457 g/mol. The number of nitrogens with zero attached hydrogens (tertiary/aromatic N) is 1. The highest BCUT2D eigenvalue weighted by atomic mass is 16.6. The summed E-state index contributed by atoms with van der Waals surface area (Å²) in [6.45, 7) is 18.4. The predicted octanol–water partition coefficient (Wildman–Crippen LogP) is 6.29. The largest absolute Gasteiger partial charge is 0.444 e. The second-order valence-corrected chi connectivity index (χ2v) is 11.3. The third-order valence-corrected chi connectivity index (χ3v) is 6.98. The highest BCUT2D eigenvalue weighted by Gasteiger charge is 2.47. The number of carbonyl (C=O) groups excluding carboxylic acids is 1. The molecule has 2 aliphatic heterocycles. The molecular formula is C28H43NO4. The summed E-state index contributed by atoms with van der Waals surface area (Å²) in [4.78, 5) is 14.4. The molecule has 3 rings (SSSR count). The van der Waals surface area contributed by atoms with Crippen LogP contribution in [0.25, 0.3) is 0 Å². The Kier molecular flexibility index (Phi) is 7.95. The van der Waals surface area contributed by atoms with E-state index < -0.39 is 11.3 Å². The van der Waals surface area contributed by atoms with Gasteiger partial charge in [0.15, 0.2) is 0 Å². The Labute approximate surface area is 200 Å². The second-order valence-electron chi connectivity index (χ2n) is 11.3. The summed E-state index contributed by atoms with van der Waals surface area (Å²) in [5, 5.41) is 0. The summed E-state index contributed by atoms with van der Waals surface area (Å²) < 4.78 is 18.5. The zero-order valence-corrected chi connectivity index (χ0v) is 21.6. The Balaban J connectivity index is 1.62. The van der Waals surface area contributed by atoms with Gasteiger partial charge in [-0.15, -0.1) is 6.58 Å². The number of hydrogen-bond donors (Lipinski definition) is 0. The van der Waals surface area contributed by atoms with Crippen molar-refractivity contribution in [2.75, 3.05) is 6.54 Å². The Bertz CT molecular complexity index is 810. The van der Waals surface area contributed by atoms with Crippen LogP contribution in [-0.2, 0) is 20.6 Å². The van der Waals surface area contributed by atoms with Gasteiger partial charge in [0.1, 0.15) is 11.3 Å². The van der Waals surface area contributed by atoms with Gasteiger partial charge in [0, 0.05) is 6.42 Å². The Morgan fingerprint density at radius 2 is 1.91 bits per heavy atom. The fraction of sp³-hybridized carbons (Fsp3) is 0.679. The lowest BCUT2D eigenvalue weighted by Crippen LogP contribution is -2.46. The molecule has 184 valence electrons. The SMILES string of the molecule is C=CC[C@@H]1O[C@H](C[C@H]2CN(C(=O)OC(C)(C)C)C(C)(C)O2)[C@H](C)[C@H]1CCc1ccc(C)cc1. The van der Waals surface area contributed by atoms with E-state index in [9.17, 15) is 4.79 Å². The molecule has 5 heteroatoms. The molecule has 0 saturated carbocycles. The van der Waals surface area contributed by atoms with E-state index in [0.717, 1.165) is 25.7 Å². The summed E-state index contributed by atoms with van der Waals surface area (Å²) in [5.41, 5.74) is 1.44. The molecule has 0 spiro atoms.